The number of benzene rings is 2. The standard InChI is InChI=1S/C24H33N2O8P/c1-24(2,3)34-22(27)25-15-16-26(4)23(28)30-19-33-35(29,31-17-20-11-7-5-8-12-20)32-18-21-13-9-6-10-14-21/h5-14H,15-19H2,1-4H3,(H,25,27). The number of amides is 2. The number of nitrogens with one attached hydrogen (secondary N) is 1. The molecule has 0 aliphatic carbocycles. The molecule has 0 aliphatic rings. The molecule has 0 saturated heterocycles. The molecule has 0 unspecified atom stereocenters. The first-order valence-corrected chi connectivity index (χ1v) is 12.5. The Bertz CT molecular complexity index is 919. The van der Waals surface area contributed by atoms with Crippen molar-refractivity contribution in [2.24, 2.45) is 0 Å². The van der Waals surface area contributed by atoms with Gasteiger partial charge in [-0.15, -0.1) is 0 Å². The first kappa shape index (κ1) is 28.3. The van der Waals surface area contributed by atoms with Gasteiger partial charge >= 0.3 is 20.0 Å². The number of carbonyl (C=O) groups is 2. The van der Waals surface area contributed by atoms with Gasteiger partial charge in [0.1, 0.15) is 5.60 Å². The lowest BCUT2D eigenvalue weighted by atomic mass is 10.2. The average molecular weight is 509 g/mol. The van der Waals surface area contributed by atoms with Gasteiger partial charge in [-0.25, -0.2) is 18.7 Å². The minimum atomic E-state index is -4.06. The van der Waals surface area contributed by atoms with Crippen molar-refractivity contribution in [2.45, 2.75) is 39.6 Å². The quantitative estimate of drug-likeness (QED) is 0.311. The molecule has 0 spiro atoms. The van der Waals surface area contributed by atoms with Crippen LogP contribution in [0, 0.1) is 0 Å². The third-order valence-electron chi connectivity index (χ3n) is 4.28. The van der Waals surface area contributed by atoms with E-state index in [-0.39, 0.29) is 26.3 Å². The van der Waals surface area contributed by atoms with Gasteiger partial charge in [-0.2, -0.15) is 0 Å². The fourth-order valence-corrected chi connectivity index (χ4v) is 3.57. The number of phosphoric acid groups is 1. The topological polar surface area (TPSA) is 113 Å². The van der Waals surface area contributed by atoms with Crippen LogP contribution in [0.15, 0.2) is 60.7 Å². The second-order valence-corrected chi connectivity index (χ2v) is 10.1. The Morgan fingerprint density at radius 1 is 0.886 bits per heavy atom. The highest BCUT2D eigenvalue weighted by molar-refractivity contribution is 7.48. The van der Waals surface area contributed by atoms with E-state index in [1.165, 1.54) is 11.9 Å². The van der Waals surface area contributed by atoms with Crippen molar-refractivity contribution in [2.75, 3.05) is 26.9 Å². The first-order chi connectivity index (χ1) is 16.6. The van der Waals surface area contributed by atoms with Crippen molar-refractivity contribution in [3.8, 4) is 0 Å². The Morgan fingerprint density at radius 3 is 1.89 bits per heavy atom. The Labute approximate surface area is 206 Å². The van der Waals surface area contributed by atoms with Crippen LogP contribution in [0.1, 0.15) is 31.9 Å². The summed E-state index contributed by atoms with van der Waals surface area (Å²) in [6, 6.07) is 18.2. The summed E-state index contributed by atoms with van der Waals surface area (Å²) < 4.78 is 39.5. The highest BCUT2D eigenvalue weighted by Gasteiger charge is 2.28. The molecule has 2 aromatic rings. The highest BCUT2D eigenvalue weighted by Crippen LogP contribution is 2.50. The molecular formula is C24H33N2O8P. The van der Waals surface area contributed by atoms with Gasteiger partial charge < -0.3 is 19.7 Å². The first-order valence-electron chi connectivity index (χ1n) is 11.0. The summed E-state index contributed by atoms with van der Waals surface area (Å²) in [6.07, 6.45) is -1.33. The number of phosphoric ester groups is 1. The van der Waals surface area contributed by atoms with Gasteiger partial charge in [-0.3, -0.25) is 9.05 Å². The highest BCUT2D eigenvalue weighted by atomic mass is 31.2. The molecule has 0 aliphatic heterocycles. The second-order valence-electron chi connectivity index (χ2n) is 8.47. The molecule has 1 N–H and O–H groups in total. The van der Waals surface area contributed by atoms with Gasteiger partial charge in [0.25, 0.3) is 0 Å². The molecule has 11 heteroatoms. The Hall–Kier alpha value is -2.91. The summed E-state index contributed by atoms with van der Waals surface area (Å²) >= 11 is 0. The van der Waals surface area contributed by atoms with E-state index in [0.29, 0.717) is 0 Å². The number of likely N-dealkylation sites (N-methyl/N-ethyl adjacent to an activating group) is 1. The van der Waals surface area contributed by atoms with Crippen molar-refractivity contribution in [3.05, 3.63) is 71.8 Å². The lowest BCUT2D eigenvalue weighted by Crippen LogP contribution is -2.39. The van der Waals surface area contributed by atoms with Crippen LogP contribution in [0.25, 0.3) is 0 Å². The van der Waals surface area contributed by atoms with Gasteiger partial charge in [-0.05, 0) is 31.9 Å². The molecular weight excluding hydrogens is 475 g/mol. The van der Waals surface area contributed by atoms with E-state index in [1.54, 1.807) is 20.8 Å². The van der Waals surface area contributed by atoms with E-state index < -0.39 is 32.4 Å². The summed E-state index contributed by atoms with van der Waals surface area (Å²) in [7, 11) is -2.58. The predicted octanol–water partition coefficient (Wildman–Crippen LogP) is 5.10. The van der Waals surface area contributed by atoms with Crippen LogP contribution in [-0.2, 0) is 40.8 Å². The number of carbonyl (C=O) groups excluding carboxylic acids is 2. The Balaban J connectivity index is 1.83. The monoisotopic (exact) mass is 508 g/mol. The SMILES string of the molecule is CN(CCNC(=O)OC(C)(C)C)C(=O)OCOP(=O)(OCc1ccccc1)OCc1ccccc1. The summed E-state index contributed by atoms with van der Waals surface area (Å²) in [5, 5.41) is 2.54. The van der Waals surface area contributed by atoms with E-state index in [1.807, 2.05) is 60.7 Å². The van der Waals surface area contributed by atoms with Crippen LogP contribution in [0.3, 0.4) is 0 Å². The molecule has 2 aromatic carbocycles. The average Bonchev–Trinajstić information content (AvgIpc) is 2.81. The lowest BCUT2D eigenvalue weighted by molar-refractivity contribution is 0.00598. The maximum absolute atomic E-state index is 13.1. The molecule has 192 valence electrons. The lowest BCUT2D eigenvalue weighted by Gasteiger charge is -2.21. The van der Waals surface area contributed by atoms with Crippen molar-refractivity contribution in [1.82, 2.24) is 10.2 Å². The molecule has 0 bridgehead atoms. The number of hydrogen-bond acceptors (Lipinski definition) is 8. The van der Waals surface area contributed by atoms with Crippen LogP contribution in [0.4, 0.5) is 9.59 Å². The van der Waals surface area contributed by atoms with Gasteiger partial charge in [0.05, 0.1) is 13.2 Å². The number of rotatable bonds is 12. The number of ether oxygens (including phenoxy) is 2. The van der Waals surface area contributed by atoms with Gasteiger partial charge in [0, 0.05) is 20.1 Å². The van der Waals surface area contributed by atoms with Crippen LogP contribution >= 0.6 is 7.82 Å². The summed E-state index contributed by atoms with van der Waals surface area (Å²) in [4.78, 5) is 25.1. The fourth-order valence-electron chi connectivity index (χ4n) is 2.55. The molecule has 35 heavy (non-hydrogen) atoms. The van der Waals surface area contributed by atoms with Gasteiger partial charge in [0.2, 0.25) is 6.79 Å². The van der Waals surface area contributed by atoms with Gasteiger partial charge in [-0.1, -0.05) is 60.7 Å². The van der Waals surface area contributed by atoms with Crippen LogP contribution < -0.4 is 5.32 Å². The molecule has 10 nitrogen and oxygen atoms in total. The van der Waals surface area contributed by atoms with Crippen molar-refractivity contribution in [1.29, 1.82) is 0 Å². The third-order valence-corrected chi connectivity index (χ3v) is 5.60. The van der Waals surface area contributed by atoms with Crippen molar-refractivity contribution < 1.29 is 37.2 Å². The van der Waals surface area contributed by atoms with E-state index in [9.17, 15) is 14.2 Å². The summed E-state index contributed by atoms with van der Waals surface area (Å²) in [5.41, 5.74) is 0.924. The largest absolute Gasteiger partial charge is 0.478 e. The van der Waals surface area contributed by atoms with Crippen molar-refractivity contribution in [3.63, 3.8) is 0 Å². The third kappa shape index (κ3) is 11.9. The molecule has 0 fully saturated rings. The van der Waals surface area contributed by atoms with E-state index in [4.69, 9.17) is 23.0 Å². The number of hydrogen-bond donors (Lipinski definition) is 1. The summed E-state index contributed by atoms with van der Waals surface area (Å²) in [6.45, 7) is 4.88. The van der Waals surface area contributed by atoms with E-state index >= 15 is 0 Å². The fraction of sp³-hybridized carbons (Fsp3) is 0.417. The maximum atomic E-state index is 13.1. The second kappa shape index (κ2) is 13.8. The zero-order chi connectivity index (χ0) is 25.7. The molecule has 0 radical (unpaired) electrons. The molecule has 0 aromatic heterocycles. The number of nitrogens with zero attached hydrogens (tertiary/aromatic N) is 1. The zero-order valence-corrected chi connectivity index (χ0v) is 21.4. The molecule has 0 atom stereocenters. The maximum Gasteiger partial charge on any atom is 0.478 e. The van der Waals surface area contributed by atoms with Crippen LogP contribution in [0.2, 0.25) is 0 Å². The number of alkyl carbamates (subject to hydrolysis) is 1. The molecule has 2 amide bonds. The zero-order valence-electron chi connectivity index (χ0n) is 20.5. The minimum Gasteiger partial charge on any atom is -0.444 e. The minimum absolute atomic E-state index is 0.0168. The normalized spacial score (nSPS) is 11.5. The van der Waals surface area contributed by atoms with Crippen LogP contribution in [-0.4, -0.2) is 49.6 Å². The van der Waals surface area contributed by atoms with E-state index in [2.05, 4.69) is 5.32 Å². The van der Waals surface area contributed by atoms with Gasteiger partial charge in [0.15, 0.2) is 0 Å². The Kier molecular flexibility index (Phi) is 11.2. The van der Waals surface area contributed by atoms with Crippen molar-refractivity contribution >= 4 is 20.0 Å². The van der Waals surface area contributed by atoms with Crippen LogP contribution in [0.5, 0.6) is 0 Å². The van der Waals surface area contributed by atoms with E-state index in [0.717, 1.165) is 11.1 Å². The summed E-state index contributed by atoms with van der Waals surface area (Å²) in [5.74, 6) is 0. The molecule has 0 saturated carbocycles. The Morgan fingerprint density at radius 2 is 1.40 bits per heavy atom. The predicted molar refractivity (Wildman–Crippen MR) is 129 cm³/mol. The molecule has 2 rings (SSSR count). The molecule has 0 heterocycles. The smallest absolute Gasteiger partial charge is 0.444 e.